The van der Waals surface area contributed by atoms with Crippen LogP contribution < -0.4 is 5.32 Å². The molecule has 21 heavy (non-hydrogen) atoms. The Hall–Kier alpha value is -1.88. The number of benzene rings is 1. The van der Waals surface area contributed by atoms with Gasteiger partial charge in [0.25, 0.3) is 5.91 Å². The van der Waals surface area contributed by atoms with Crippen molar-refractivity contribution in [2.75, 3.05) is 7.11 Å². The molecule has 1 saturated carbocycles. The average Bonchev–Trinajstić information content (AvgIpc) is 2.96. The molecule has 2 rings (SSSR count). The SMILES string of the molecule is COC(C)(C(=O)N[C@@H]1CC[C@H](C(=O)O)C1)c1ccccc1. The van der Waals surface area contributed by atoms with Gasteiger partial charge in [0, 0.05) is 13.2 Å². The summed E-state index contributed by atoms with van der Waals surface area (Å²) >= 11 is 0. The Labute approximate surface area is 124 Å². The van der Waals surface area contributed by atoms with E-state index in [2.05, 4.69) is 5.32 Å². The van der Waals surface area contributed by atoms with E-state index >= 15 is 0 Å². The molecule has 1 fully saturated rings. The molecule has 0 bridgehead atoms. The van der Waals surface area contributed by atoms with E-state index in [1.807, 2.05) is 30.3 Å². The zero-order valence-electron chi connectivity index (χ0n) is 12.3. The fraction of sp³-hybridized carbons (Fsp3) is 0.500. The van der Waals surface area contributed by atoms with Crippen molar-refractivity contribution in [3.8, 4) is 0 Å². The van der Waals surface area contributed by atoms with Crippen molar-refractivity contribution in [1.82, 2.24) is 5.32 Å². The van der Waals surface area contributed by atoms with Gasteiger partial charge in [-0.2, -0.15) is 0 Å². The fourth-order valence-electron chi connectivity index (χ4n) is 2.76. The zero-order valence-corrected chi connectivity index (χ0v) is 12.3. The number of ether oxygens (including phenoxy) is 1. The van der Waals surface area contributed by atoms with E-state index in [4.69, 9.17) is 9.84 Å². The Morgan fingerprint density at radius 1 is 1.29 bits per heavy atom. The topological polar surface area (TPSA) is 75.6 Å². The maximum absolute atomic E-state index is 12.5. The molecule has 0 radical (unpaired) electrons. The Morgan fingerprint density at radius 2 is 1.95 bits per heavy atom. The third-order valence-corrected chi connectivity index (χ3v) is 4.28. The van der Waals surface area contributed by atoms with Gasteiger partial charge in [-0.05, 0) is 31.7 Å². The highest BCUT2D eigenvalue weighted by molar-refractivity contribution is 5.86. The molecular formula is C16H21NO4. The second-order valence-corrected chi connectivity index (χ2v) is 5.62. The van der Waals surface area contributed by atoms with E-state index in [-0.39, 0.29) is 17.9 Å². The summed E-state index contributed by atoms with van der Waals surface area (Å²) in [4.78, 5) is 23.5. The van der Waals surface area contributed by atoms with Crippen molar-refractivity contribution in [1.29, 1.82) is 0 Å². The lowest BCUT2D eigenvalue weighted by atomic mass is 9.94. The summed E-state index contributed by atoms with van der Waals surface area (Å²) < 4.78 is 5.44. The van der Waals surface area contributed by atoms with Gasteiger partial charge in [0.05, 0.1) is 5.92 Å². The molecule has 0 aliphatic heterocycles. The maximum atomic E-state index is 12.5. The van der Waals surface area contributed by atoms with Crippen LogP contribution in [0.15, 0.2) is 30.3 Å². The van der Waals surface area contributed by atoms with E-state index in [0.29, 0.717) is 19.3 Å². The Bertz CT molecular complexity index is 516. The number of amides is 1. The number of carbonyl (C=O) groups is 2. The lowest BCUT2D eigenvalue weighted by Gasteiger charge is -2.29. The smallest absolute Gasteiger partial charge is 0.306 e. The quantitative estimate of drug-likeness (QED) is 0.869. The first-order valence-electron chi connectivity index (χ1n) is 7.12. The molecule has 0 spiro atoms. The van der Waals surface area contributed by atoms with Gasteiger partial charge >= 0.3 is 5.97 Å². The van der Waals surface area contributed by atoms with Crippen LogP contribution in [-0.4, -0.2) is 30.1 Å². The molecule has 1 amide bonds. The van der Waals surface area contributed by atoms with Gasteiger partial charge < -0.3 is 15.2 Å². The number of carboxylic acid groups (broad SMARTS) is 1. The van der Waals surface area contributed by atoms with Crippen molar-refractivity contribution in [3.63, 3.8) is 0 Å². The summed E-state index contributed by atoms with van der Waals surface area (Å²) in [5.74, 6) is -1.38. The zero-order chi connectivity index (χ0) is 15.5. The van der Waals surface area contributed by atoms with Gasteiger partial charge in [-0.1, -0.05) is 30.3 Å². The van der Waals surface area contributed by atoms with Crippen LogP contribution >= 0.6 is 0 Å². The van der Waals surface area contributed by atoms with Crippen molar-refractivity contribution >= 4 is 11.9 Å². The lowest BCUT2D eigenvalue weighted by molar-refractivity contribution is -0.144. The molecular weight excluding hydrogens is 270 g/mol. The third-order valence-electron chi connectivity index (χ3n) is 4.28. The van der Waals surface area contributed by atoms with Crippen LogP contribution in [0, 0.1) is 5.92 Å². The summed E-state index contributed by atoms with van der Waals surface area (Å²) in [5.41, 5.74) is -0.291. The lowest BCUT2D eigenvalue weighted by Crippen LogP contribution is -2.47. The molecule has 2 N–H and O–H groups in total. The summed E-state index contributed by atoms with van der Waals surface area (Å²) in [6.45, 7) is 1.72. The van der Waals surface area contributed by atoms with Gasteiger partial charge in [-0.15, -0.1) is 0 Å². The summed E-state index contributed by atoms with van der Waals surface area (Å²) in [6, 6.07) is 9.18. The fourth-order valence-corrected chi connectivity index (χ4v) is 2.76. The highest BCUT2D eigenvalue weighted by Crippen LogP contribution is 2.29. The van der Waals surface area contributed by atoms with Gasteiger partial charge in [-0.25, -0.2) is 0 Å². The van der Waals surface area contributed by atoms with Crippen molar-refractivity contribution in [2.24, 2.45) is 5.92 Å². The number of methoxy groups -OCH3 is 1. The first-order chi connectivity index (χ1) is 9.97. The normalized spacial score (nSPS) is 24.3. The van der Waals surface area contributed by atoms with Crippen LogP contribution in [0.25, 0.3) is 0 Å². The van der Waals surface area contributed by atoms with Crippen LogP contribution in [-0.2, 0) is 19.9 Å². The molecule has 0 saturated heterocycles. The second-order valence-electron chi connectivity index (χ2n) is 5.62. The minimum atomic E-state index is -1.07. The number of nitrogens with one attached hydrogen (secondary N) is 1. The minimum absolute atomic E-state index is 0.100. The standard InChI is InChI=1S/C16H21NO4/c1-16(21-2,12-6-4-3-5-7-12)15(20)17-13-9-8-11(10-13)14(18)19/h3-7,11,13H,8-10H2,1-2H3,(H,17,20)(H,18,19)/t11-,13+,16?/m0/s1. The van der Waals surface area contributed by atoms with E-state index in [1.165, 1.54) is 7.11 Å². The van der Waals surface area contributed by atoms with Gasteiger partial charge in [0.1, 0.15) is 0 Å². The van der Waals surface area contributed by atoms with Crippen LogP contribution in [0.4, 0.5) is 0 Å². The highest BCUT2D eigenvalue weighted by atomic mass is 16.5. The Balaban J connectivity index is 2.06. The second kappa shape index (κ2) is 6.26. The minimum Gasteiger partial charge on any atom is -0.481 e. The largest absolute Gasteiger partial charge is 0.481 e. The number of hydrogen-bond donors (Lipinski definition) is 2. The summed E-state index contributed by atoms with van der Waals surface area (Å²) in [6.07, 6.45) is 1.78. The van der Waals surface area contributed by atoms with E-state index in [9.17, 15) is 9.59 Å². The number of aliphatic carboxylic acids is 1. The molecule has 0 heterocycles. The molecule has 1 aromatic carbocycles. The molecule has 5 nitrogen and oxygen atoms in total. The molecule has 3 atom stereocenters. The van der Waals surface area contributed by atoms with E-state index in [1.54, 1.807) is 6.92 Å². The highest BCUT2D eigenvalue weighted by Gasteiger charge is 2.38. The van der Waals surface area contributed by atoms with Gasteiger partial charge in [0.2, 0.25) is 0 Å². The van der Waals surface area contributed by atoms with E-state index < -0.39 is 11.6 Å². The molecule has 114 valence electrons. The summed E-state index contributed by atoms with van der Waals surface area (Å²) in [5, 5.41) is 11.9. The first kappa shape index (κ1) is 15.5. The van der Waals surface area contributed by atoms with Gasteiger partial charge in [0.15, 0.2) is 5.60 Å². The predicted octanol–water partition coefficient (Wildman–Crippen LogP) is 1.92. The van der Waals surface area contributed by atoms with Crippen LogP contribution in [0.1, 0.15) is 31.7 Å². The number of carboxylic acids is 1. The van der Waals surface area contributed by atoms with Crippen LogP contribution in [0.5, 0.6) is 0 Å². The maximum Gasteiger partial charge on any atom is 0.306 e. The number of carbonyl (C=O) groups excluding carboxylic acids is 1. The molecule has 0 aromatic heterocycles. The molecule has 1 aliphatic rings. The molecule has 1 aliphatic carbocycles. The molecule has 5 heteroatoms. The van der Waals surface area contributed by atoms with Crippen molar-refractivity contribution in [2.45, 2.75) is 37.8 Å². The van der Waals surface area contributed by atoms with E-state index in [0.717, 1.165) is 5.56 Å². The first-order valence-corrected chi connectivity index (χ1v) is 7.12. The molecule has 1 aromatic rings. The Kier molecular flexibility index (Phi) is 4.63. The predicted molar refractivity (Wildman–Crippen MR) is 77.7 cm³/mol. The van der Waals surface area contributed by atoms with Crippen molar-refractivity contribution < 1.29 is 19.4 Å². The van der Waals surface area contributed by atoms with Crippen LogP contribution in [0.3, 0.4) is 0 Å². The van der Waals surface area contributed by atoms with Gasteiger partial charge in [-0.3, -0.25) is 9.59 Å². The van der Waals surface area contributed by atoms with Crippen LogP contribution in [0.2, 0.25) is 0 Å². The van der Waals surface area contributed by atoms with Crippen molar-refractivity contribution in [3.05, 3.63) is 35.9 Å². The monoisotopic (exact) mass is 291 g/mol. The molecule has 1 unspecified atom stereocenters. The third kappa shape index (κ3) is 3.24. The number of rotatable bonds is 5. The number of hydrogen-bond acceptors (Lipinski definition) is 3. The average molecular weight is 291 g/mol. The summed E-state index contributed by atoms with van der Waals surface area (Å²) in [7, 11) is 1.50. The Morgan fingerprint density at radius 3 is 2.48 bits per heavy atom.